The molecule has 2 saturated heterocycles. The molecule has 40 heavy (non-hydrogen) atoms. The molecule has 0 aliphatic carbocycles. The summed E-state index contributed by atoms with van der Waals surface area (Å²) in [6, 6.07) is 23.2. The molecule has 0 unspecified atom stereocenters. The van der Waals surface area contributed by atoms with Crippen molar-refractivity contribution in [2.24, 2.45) is 0 Å². The number of nitriles is 1. The van der Waals surface area contributed by atoms with Crippen LogP contribution in [0.15, 0.2) is 60.7 Å². The summed E-state index contributed by atoms with van der Waals surface area (Å²) >= 11 is 0. The number of hydrogen-bond acceptors (Lipinski definition) is 5. The number of amides is 1. The average Bonchev–Trinajstić information content (AvgIpc) is 3.32. The van der Waals surface area contributed by atoms with E-state index in [0.29, 0.717) is 11.1 Å². The maximum Gasteiger partial charge on any atom is 0.253 e. The van der Waals surface area contributed by atoms with Crippen LogP contribution in [0.2, 0.25) is 0 Å². The van der Waals surface area contributed by atoms with E-state index in [1.165, 1.54) is 17.5 Å². The third-order valence-electron chi connectivity index (χ3n) is 8.35. The Labute approximate surface area is 239 Å². The fourth-order valence-electron chi connectivity index (χ4n) is 5.85. The lowest BCUT2D eigenvalue weighted by molar-refractivity contribution is 0.0763. The summed E-state index contributed by atoms with van der Waals surface area (Å²) in [7, 11) is 4.30. The van der Waals surface area contributed by atoms with Gasteiger partial charge >= 0.3 is 0 Å². The highest BCUT2D eigenvalue weighted by atomic mass is 16.2. The number of aryl methyl sites for hydroxylation is 1. The van der Waals surface area contributed by atoms with E-state index in [4.69, 9.17) is 0 Å². The molecule has 6 heteroatoms. The summed E-state index contributed by atoms with van der Waals surface area (Å²) in [6.45, 7) is 10.7. The Morgan fingerprint density at radius 3 is 2.20 bits per heavy atom. The second-order valence-corrected chi connectivity index (χ2v) is 11.5. The summed E-state index contributed by atoms with van der Waals surface area (Å²) in [5.74, 6) is 0.0779. The van der Waals surface area contributed by atoms with Crippen molar-refractivity contribution in [3.63, 3.8) is 0 Å². The molecule has 2 aliphatic rings. The van der Waals surface area contributed by atoms with Crippen molar-refractivity contribution in [2.75, 3.05) is 66.5 Å². The molecule has 3 aromatic carbocycles. The Hall–Kier alpha value is -3.50. The van der Waals surface area contributed by atoms with Gasteiger partial charge in [-0.05, 0) is 93.9 Å². The van der Waals surface area contributed by atoms with Crippen LogP contribution < -0.4 is 0 Å². The van der Waals surface area contributed by atoms with Gasteiger partial charge in [0.05, 0.1) is 11.6 Å². The Morgan fingerprint density at radius 1 is 0.750 bits per heavy atom. The van der Waals surface area contributed by atoms with Gasteiger partial charge < -0.3 is 14.7 Å². The Bertz CT molecular complexity index is 1380. The molecule has 0 aromatic heterocycles. The molecule has 0 atom stereocenters. The van der Waals surface area contributed by atoms with Crippen molar-refractivity contribution in [3.05, 3.63) is 82.9 Å². The van der Waals surface area contributed by atoms with Crippen LogP contribution in [0.5, 0.6) is 0 Å². The molecule has 3 aromatic rings. The van der Waals surface area contributed by atoms with Gasteiger partial charge in [0.15, 0.2) is 0 Å². The molecule has 0 spiro atoms. The molecule has 0 saturated carbocycles. The lowest BCUT2D eigenvalue weighted by Gasteiger charge is -2.22. The summed E-state index contributed by atoms with van der Waals surface area (Å²) in [6.07, 6.45) is 2.15. The van der Waals surface area contributed by atoms with E-state index in [1.807, 2.05) is 23.1 Å². The molecule has 0 N–H and O–H groups in total. The molecule has 2 fully saturated rings. The minimum Gasteiger partial charge on any atom is -0.337 e. The zero-order chi connectivity index (χ0) is 28.1. The van der Waals surface area contributed by atoms with Gasteiger partial charge in [0.25, 0.3) is 5.91 Å². The van der Waals surface area contributed by atoms with Gasteiger partial charge in [0.2, 0.25) is 0 Å². The highest BCUT2D eigenvalue weighted by Gasteiger charge is 2.21. The standard InChI is InChI=1S/C34H41N5O/c1-26-6-9-28(10-7-26)33-23-29(34(40)39-17-5-15-37(3)19-21-39)11-13-32(33)31-12-8-27(22-30(31)24-35)25-38-16-4-14-36(2)18-20-38/h6-13,22-23H,4-5,14-21,25H2,1-3H3. The highest BCUT2D eigenvalue weighted by Crippen LogP contribution is 2.36. The topological polar surface area (TPSA) is 53.8 Å². The second-order valence-electron chi connectivity index (χ2n) is 11.5. The summed E-state index contributed by atoms with van der Waals surface area (Å²) < 4.78 is 0. The minimum atomic E-state index is 0.0779. The lowest BCUT2D eigenvalue weighted by atomic mass is 9.89. The van der Waals surface area contributed by atoms with Gasteiger partial charge in [0, 0.05) is 50.4 Å². The summed E-state index contributed by atoms with van der Waals surface area (Å²) in [4.78, 5) is 22.7. The molecule has 2 aliphatic heterocycles. The first-order valence-electron chi connectivity index (χ1n) is 14.5. The number of likely N-dealkylation sites (N-methyl/N-ethyl adjacent to an activating group) is 2. The lowest BCUT2D eigenvalue weighted by Crippen LogP contribution is -2.34. The molecule has 0 bridgehead atoms. The number of benzene rings is 3. The predicted octanol–water partition coefficient (Wildman–Crippen LogP) is 5.12. The maximum absolute atomic E-state index is 13.6. The molecule has 0 radical (unpaired) electrons. The fourth-order valence-corrected chi connectivity index (χ4v) is 5.85. The Morgan fingerprint density at radius 2 is 1.45 bits per heavy atom. The highest BCUT2D eigenvalue weighted by molar-refractivity contribution is 5.98. The number of rotatable bonds is 5. The van der Waals surface area contributed by atoms with Crippen LogP contribution in [-0.4, -0.2) is 92.0 Å². The van der Waals surface area contributed by atoms with Gasteiger partial charge in [-0.15, -0.1) is 0 Å². The van der Waals surface area contributed by atoms with E-state index < -0.39 is 0 Å². The smallest absolute Gasteiger partial charge is 0.253 e. The molecule has 2 heterocycles. The monoisotopic (exact) mass is 535 g/mol. The Balaban J connectivity index is 1.49. The van der Waals surface area contributed by atoms with E-state index in [0.717, 1.165) is 87.6 Å². The first-order valence-corrected chi connectivity index (χ1v) is 14.5. The van der Waals surface area contributed by atoms with Gasteiger partial charge in [-0.25, -0.2) is 0 Å². The van der Waals surface area contributed by atoms with Gasteiger partial charge in [-0.2, -0.15) is 5.26 Å². The third-order valence-corrected chi connectivity index (χ3v) is 8.35. The van der Waals surface area contributed by atoms with Crippen molar-refractivity contribution in [3.8, 4) is 28.3 Å². The van der Waals surface area contributed by atoms with Crippen molar-refractivity contribution in [1.82, 2.24) is 19.6 Å². The zero-order valence-electron chi connectivity index (χ0n) is 24.2. The molecule has 5 rings (SSSR count). The predicted molar refractivity (Wildman–Crippen MR) is 162 cm³/mol. The summed E-state index contributed by atoms with van der Waals surface area (Å²) in [5.41, 5.74) is 7.65. The molecule has 6 nitrogen and oxygen atoms in total. The quantitative estimate of drug-likeness (QED) is 0.454. The zero-order valence-corrected chi connectivity index (χ0v) is 24.2. The van der Waals surface area contributed by atoms with Crippen molar-refractivity contribution in [2.45, 2.75) is 26.3 Å². The van der Waals surface area contributed by atoms with Crippen LogP contribution in [0, 0.1) is 18.3 Å². The van der Waals surface area contributed by atoms with Crippen LogP contribution in [-0.2, 0) is 6.54 Å². The van der Waals surface area contributed by atoms with E-state index >= 15 is 0 Å². The number of hydrogen-bond donors (Lipinski definition) is 0. The molecular formula is C34H41N5O. The van der Waals surface area contributed by atoms with Gasteiger partial charge in [-0.1, -0.05) is 48.0 Å². The maximum atomic E-state index is 13.6. The van der Waals surface area contributed by atoms with Crippen LogP contribution in [0.3, 0.4) is 0 Å². The van der Waals surface area contributed by atoms with E-state index in [2.05, 4.69) is 84.3 Å². The van der Waals surface area contributed by atoms with Crippen LogP contribution in [0.1, 0.15) is 39.9 Å². The first-order chi connectivity index (χ1) is 19.4. The minimum absolute atomic E-state index is 0.0779. The summed E-state index contributed by atoms with van der Waals surface area (Å²) in [5, 5.41) is 10.2. The SMILES string of the molecule is Cc1ccc(-c2cc(C(=O)N3CCCN(C)CC3)ccc2-c2ccc(CN3CCCN(C)CC3)cc2C#N)cc1. The van der Waals surface area contributed by atoms with Crippen LogP contribution in [0.25, 0.3) is 22.3 Å². The molecule has 208 valence electrons. The normalized spacial score (nSPS) is 17.7. The van der Waals surface area contributed by atoms with Crippen LogP contribution in [0.4, 0.5) is 0 Å². The average molecular weight is 536 g/mol. The largest absolute Gasteiger partial charge is 0.337 e. The van der Waals surface area contributed by atoms with Crippen molar-refractivity contribution >= 4 is 5.91 Å². The van der Waals surface area contributed by atoms with Crippen molar-refractivity contribution in [1.29, 1.82) is 5.26 Å². The van der Waals surface area contributed by atoms with E-state index in [-0.39, 0.29) is 5.91 Å². The number of carbonyl (C=O) groups is 1. The third kappa shape index (κ3) is 6.62. The molecule has 1 amide bonds. The van der Waals surface area contributed by atoms with E-state index in [1.54, 1.807) is 0 Å². The first kappa shape index (κ1) is 28.0. The van der Waals surface area contributed by atoms with Crippen molar-refractivity contribution < 1.29 is 4.79 Å². The second kappa shape index (κ2) is 12.8. The fraction of sp³-hybridized carbons (Fsp3) is 0.412. The van der Waals surface area contributed by atoms with Gasteiger partial charge in [0.1, 0.15) is 0 Å². The number of nitrogens with zero attached hydrogens (tertiary/aromatic N) is 5. The van der Waals surface area contributed by atoms with E-state index in [9.17, 15) is 10.1 Å². The van der Waals surface area contributed by atoms with Crippen LogP contribution >= 0.6 is 0 Å². The van der Waals surface area contributed by atoms with Gasteiger partial charge in [-0.3, -0.25) is 9.69 Å². The number of carbonyl (C=O) groups excluding carboxylic acids is 1. The molecular weight excluding hydrogens is 494 g/mol. The Kier molecular flexibility index (Phi) is 8.96.